The highest BCUT2D eigenvalue weighted by Gasteiger charge is 2.52. The second-order valence-corrected chi connectivity index (χ2v) is 5.10. The highest BCUT2D eigenvalue weighted by molar-refractivity contribution is 5.95. The van der Waals surface area contributed by atoms with Crippen molar-refractivity contribution in [1.29, 1.82) is 0 Å². The van der Waals surface area contributed by atoms with E-state index in [9.17, 15) is 14.4 Å². The van der Waals surface area contributed by atoms with E-state index in [-0.39, 0.29) is 18.9 Å². The first-order valence-electron chi connectivity index (χ1n) is 6.75. The molecule has 2 amide bonds. The van der Waals surface area contributed by atoms with E-state index >= 15 is 0 Å². The van der Waals surface area contributed by atoms with E-state index in [0.717, 1.165) is 0 Å². The number of primary amides is 1. The van der Waals surface area contributed by atoms with Gasteiger partial charge in [0, 0.05) is 6.92 Å². The highest BCUT2D eigenvalue weighted by Crippen LogP contribution is 2.38. The Bertz CT molecular complexity index is 421. The largest absolute Gasteiger partial charge is 0.466 e. The highest BCUT2D eigenvalue weighted by atomic mass is 16.5. The van der Waals surface area contributed by atoms with Gasteiger partial charge in [-0.3, -0.25) is 14.4 Å². The van der Waals surface area contributed by atoms with Crippen LogP contribution in [0.3, 0.4) is 0 Å². The van der Waals surface area contributed by atoms with Gasteiger partial charge in [-0.05, 0) is 32.1 Å². The molecule has 0 bridgehead atoms. The molecule has 6 nitrogen and oxygen atoms in total. The molecule has 0 aromatic carbocycles. The summed E-state index contributed by atoms with van der Waals surface area (Å²) in [5.41, 5.74) is 4.10. The van der Waals surface area contributed by atoms with Crippen LogP contribution in [-0.4, -0.2) is 29.9 Å². The van der Waals surface area contributed by atoms with Gasteiger partial charge in [-0.25, -0.2) is 0 Å². The average Bonchev–Trinajstić information content (AvgIpc) is 2.37. The van der Waals surface area contributed by atoms with Gasteiger partial charge in [-0.15, -0.1) is 6.58 Å². The van der Waals surface area contributed by atoms with Crippen molar-refractivity contribution in [3.05, 3.63) is 12.7 Å². The summed E-state index contributed by atoms with van der Waals surface area (Å²) >= 11 is 0. The van der Waals surface area contributed by atoms with Crippen molar-refractivity contribution in [3.8, 4) is 0 Å². The monoisotopic (exact) mass is 282 g/mol. The summed E-state index contributed by atoms with van der Waals surface area (Å²) in [6.45, 7) is 6.92. The van der Waals surface area contributed by atoms with E-state index in [2.05, 4.69) is 11.9 Å². The van der Waals surface area contributed by atoms with E-state index in [1.807, 2.05) is 0 Å². The molecule has 0 aromatic heterocycles. The molecule has 3 N–H and O–H groups in total. The maximum absolute atomic E-state index is 12.1. The molecule has 1 aliphatic rings. The fourth-order valence-corrected chi connectivity index (χ4v) is 2.83. The predicted molar refractivity (Wildman–Crippen MR) is 73.4 cm³/mol. The van der Waals surface area contributed by atoms with Gasteiger partial charge < -0.3 is 15.8 Å². The van der Waals surface area contributed by atoms with Crippen LogP contribution in [0.2, 0.25) is 0 Å². The molecule has 112 valence electrons. The topological polar surface area (TPSA) is 98.5 Å². The SMILES string of the molecule is C=C[C@@H]1CCC(C(=O)OCC)[C@@](NC(C)=O)(C(N)=O)C1. The second-order valence-electron chi connectivity index (χ2n) is 5.10. The fraction of sp³-hybridized carbons (Fsp3) is 0.643. The molecule has 1 aliphatic carbocycles. The van der Waals surface area contributed by atoms with Crippen molar-refractivity contribution in [2.45, 2.75) is 38.6 Å². The van der Waals surface area contributed by atoms with Crippen molar-refractivity contribution in [2.75, 3.05) is 6.61 Å². The molecule has 1 fully saturated rings. The van der Waals surface area contributed by atoms with Gasteiger partial charge in [0.25, 0.3) is 0 Å². The lowest BCUT2D eigenvalue weighted by atomic mass is 9.67. The average molecular weight is 282 g/mol. The van der Waals surface area contributed by atoms with Gasteiger partial charge in [0.2, 0.25) is 11.8 Å². The molecular formula is C14H22N2O4. The number of nitrogens with two attached hydrogens (primary N) is 1. The van der Waals surface area contributed by atoms with Gasteiger partial charge in [0.15, 0.2) is 0 Å². The summed E-state index contributed by atoms with van der Waals surface area (Å²) in [5, 5.41) is 2.59. The first kappa shape index (κ1) is 16.2. The molecule has 1 saturated carbocycles. The Kier molecular flexibility index (Phi) is 5.30. The zero-order valence-electron chi connectivity index (χ0n) is 12.0. The lowest BCUT2D eigenvalue weighted by Crippen LogP contribution is -2.65. The Morgan fingerprint density at radius 2 is 2.10 bits per heavy atom. The molecule has 1 unspecified atom stereocenters. The minimum atomic E-state index is -1.39. The first-order valence-corrected chi connectivity index (χ1v) is 6.75. The van der Waals surface area contributed by atoms with E-state index in [4.69, 9.17) is 10.5 Å². The number of rotatable bonds is 5. The quantitative estimate of drug-likeness (QED) is 0.567. The molecule has 3 atom stereocenters. The third-order valence-electron chi connectivity index (χ3n) is 3.75. The number of hydrogen-bond donors (Lipinski definition) is 2. The van der Waals surface area contributed by atoms with Crippen LogP contribution in [0.4, 0.5) is 0 Å². The number of amides is 2. The summed E-state index contributed by atoms with van der Waals surface area (Å²) in [7, 11) is 0. The normalized spacial score (nSPS) is 29.3. The van der Waals surface area contributed by atoms with Crippen LogP contribution < -0.4 is 11.1 Å². The second kappa shape index (κ2) is 6.54. The summed E-state index contributed by atoms with van der Waals surface area (Å²) < 4.78 is 5.01. The Balaban J connectivity index is 3.16. The standard InChI is InChI=1S/C14H22N2O4/c1-4-10-6-7-11(12(18)20-5-2)14(8-10,13(15)19)16-9(3)17/h4,10-11H,1,5-8H2,2-3H3,(H2,15,19)(H,16,17)/t10-,11?,14-/m1/s1. The van der Waals surface area contributed by atoms with E-state index < -0.39 is 29.2 Å². The van der Waals surface area contributed by atoms with Crippen molar-refractivity contribution in [1.82, 2.24) is 5.32 Å². The Morgan fingerprint density at radius 1 is 1.45 bits per heavy atom. The number of hydrogen-bond acceptors (Lipinski definition) is 4. The van der Waals surface area contributed by atoms with Crippen molar-refractivity contribution in [3.63, 3.8) is 0 Å². The minimum absolute atomic E-state index is 0.0278. The third kappa shape index (κ3) is 3.18. The fourth-order valence-electron chi connectivity index (χ4n) is 2.83. The smallest absolute Gasteiger partial charge is 0.311 e. The number of carbonyl (C=O) groups is 3. The van der Waals surface area contributed by atoms with Gasteiger partial charge in [0.05, 0.1) is 12.5 Å². The van der Waals surface area contributed by atoms with Crippen molar-refractivity contribution < 1.29 is 19.1 Å². The maximum Gasteiger partial charge on any atom is 0.311 e. The lowest BCUT2D eigenvalue weighted by molar-refractivity contribution is -0.157. The van der Waals surface area contributed by atoms with Gasteiger partial charge in [-0.1, -0.05) is 6.08 Å². The van der Waals surface area contributed by atoms with Gasteiger partial charge in [-0.2, -0.15) is 0 Å². The molecule has 0 saturated heterocycles. The number of nitrogens with one attached hydrogen (secondary N) is 1. The van der Waals surface area contributed by atoms with E-state index in [1.54, 1.807) is 13.0 Å². The van der Waals surface area contributed by atoms with Crippen LogP contribution in [0, 0.1) is 11.8 Å². The maximum atomic E-state index is 12.1. The van der Waals surface area contributed by atoms with Crippen LogP contribution in [0.15, 0.2) is 12.7 Å². The molecule has 0 radical (unpaired) electrons. The van der Waals surface area contributed by atoms with Crippen molar-refractivity contribution in [2.24, 2.45) is 17.6 Å². The van der Waals surface area contributed by atoms with Crippen molar-refractivity contribution >= 4 is 17.8 Å². The number of ether oxygens (including phenoxy) is 1. The summed E-state index contributed by atoms with van der Waals surface area (Å²) in [4.78, 5) is 35.5. The number of esters is 1. The Morgan fingerprint density at radius 3 is 2.55 bits per heavy atom. The molecule has 0 aromatic rings. The zero-order valence-corrected chi connectivity index (χ0v) is 12.0. The lowest BCUT2D eigenvalue weighted by Gasteiger charge is -2.43. The molecule has 20 heavy (non-hydrogen) atoms. The molecule has 0 spiro atoms. The summed E-state index contributed by atoms with van der Waals surface area (Å²) in [6, 6.07) is 0. The molecule has 0 heterocycles. The van der Waals surface area contributed by atoms with E-state index in [0.29, 0.717) is 12.8 Å². The predicted octanol–water partition coefficient (Wildman–Crippen LogP) is 0.512. The molecule has 6 heteroatoms. The van der Waals surface area contributed by atoms with Gasteiger partial charge >= 0.3 is 5.97 Å². The summed E-state index contributed by atoms with van der Waals surface area (Å²) in [6.07, 6.45) is 3.14. The van der Waals surface area contributed by atoms with Crippen LogP contribution >= 0.6 is 0 Å². The van der Waals surface area contributed by atoms with E-state index in [1.165, 1.54) is 6.92 Å². The Hall–Kier alpha value is -1.85. The van der Waals surface area contributed by atoms with Crippen LogP contribution in [0.5, 0.6) is 0 Å². The molecular weight excluding hydrogens is 260 g/mol. The third-order valence-corrected chi connectivity index (χ3v) is 3.75. The van der Waals surface area contributed by atoms with Crippen LogP contribution in [-0.2, 0) is 19.1 Å². The first-order chi connectivity index (χ1) is 9.37. The Labute approximate surface area is 118 Å². The molecule has 1 rings (SSSR count). The van der Waals surface area contributed by atoms with Crippen LogP contribution in [0.25, 0.3) is 0 Å². The summed E-state index contributed by atoms with van der Waals surface area (Å²) in [5.74, 6) is -2.33. The zero-order chi connectivity index (χ0) is 15.3. The van der Waals surface area contributed by atoms with Crippen LogP contribution in [0.1, 0.15) is 33.1 Å². The molecule has 0 aliphatic heterocycles. The number of allylic oxidation sites excluding steroid dienone is 1. The van der Waals surface area contributed by atoms with Gasteiger partial charge in [0.1, 0.15) is 5.54 Å². The number of carbonyl (C=O) groups excluding carboxylic acids is 3. The minimum Gasteiger partial charge on any atom is -0.466 e.